The Morgan fingerprint density at radius 3 is 2.42 bits per heavy atom. The van der Waals surface area contributed by atoms with Gasteiger partial charge in [0.05, 0.1) is 13.7 Å². The van der Waals surface area contributed by atoms with Crippen LogP contribution in [0.15, 0.2) is 47.4 Å². The lowest BCUT2D eigenvalue weighted by molar-refractivity contribution is 0.242. The quantitative estimate of drug-likeness (QED) is 0.635. The number of aliphatic hydroxyl groups is 1. The molecule has 0 aromatic heterocycles. The first-order valence-electron chi connectivity index (χ1n) is 7.40. The first-order valence-corrected chi connectivity index (χ1v) is 8.81. The van der Waals surface area contributed by atoms with E-state index in [2.05, 4.69) is 0 Å². The van der Waals surface area contributed by atoms with Gasteiger partial charge >= 0.3 is 10.1 Å². The standard InChI is InChI=1S/C17H18O6S/c1-11-3-6-13(7-4-11)24(19,20)23-14-8-5-12(9-15(14)21-2)17-16(10-18)22-17/h3-9,16-18H,10H2,1-2H3/t16-,17-/m1/s1. The molecule has 7 heteroatoms. The van der Waals surface area contributed by atoms with Gasteiger partial charge in [0, 0.05) is 0 Å². The van der Waals surface area contributed by atoms with Crippen LogP contribution in [0.25, 0.3) is 0 Å². The zero-order valence-corrected chi connectivity index (χ0v) is 14.1. The molecule has 0 aliphatic carbocycles. The number of hydrogen-bond acceptors (Lipinski definition) is 6. The molecular weight excluding hydrogens is 332 g/mol. The van der Waals surface area contributed by atoms with E-state index in [1.54, 1.807) is 24.3 Å². The Morgan fingerprint density at radius 2 is 1.83 bits per heavy atom. The lowest BCUT2D eigenvalue weighted by atomic mass is 10.1. The number of epoxide rings is 1. The summed E-state index contributed by atoms with van der Waals surface area (Å²) in [4.78, 5) is 0.0742. The lowest BCUT2D eigenvalue weighted by Gasteiger charge is -2.12. The van der Waals surface area contributed by atoms with Gasteiger partial charge in [-0.05, 0) is 36.8 Å². The molecule has 6 nitrogen and oxygen atoms in total. The molecule has 2 atom stereocenters. The van der Waals surface area contributed by atoms with Gasteiger partial charge in [-0.3, -0.25) is 0 Å². The minimum absolute atomic E-state index is 0.0625. The highest BCUT2D eigenvalue weighted by atomic mass is 32.2. The summed E-state index contributed by atoms with van der Waals surface area (Å²) in [5.74, 6) is 0.387. The van der Waals surface area contributed by atoms with Gasteiger partial charge in [0.1, 0.15) is 17.1 Å². The number of methoxy groups -OCH3 is 1. The number of hydrogen-bond donors (Lipinski definition) is 1. The molecule has 1 aliphatic heterocycles. The Morgan fingerprint density at radius 1 is 1.12 bits per heavy atom. The third kappa shape index (κ3) is 3.38. The summed E-state index contributed by atoms with van der Waals surface area (Å²) < 4.78 is 40.5. The highest BCUT2D eigenvalue weighted by Crippen LogP contribution is 2.41. The normalized spacial score (nSPS) is 19.8. The topological polar surface area (TPSA) is 85.4 Å². The van der Waals surface area contributed by atoms with Crippen molar-refractivity contribution in [3.8, 4) is 11.5 Å². The third-order valence-electron chi connectivity index (χ3n) is 3.79. The average molecular weight is 350 g/mol. The first-order chi connectivity index (χ1) is 11.4. The molecule has 1 heterocycles. The predicted octanol–water partition coefficient (Wildman–Crippen LogP) is 2.20. The summed E-state index contributed by atoms with van der Waals surface area (Å²) in [6.45, 7) is 1.81. The van der Waals surface area contributed by atoms with Crippen LogP contribution in [0.2, 0.25) is 0 Å². The Labute approximate surface area is 140 Å². The molecule has 0 unspecified atom stereocenters. The van der Waals surface area contributed by atoms with Gasteiger partial charge in [-0.15, -0.1) is 0 Å². The second-order valence-electron chi connectivity index (χ2n) is 5.54. The van der Waals surface area contributed by atoms with Crippen LogP contribution in [-0.2, 0) is 14.9 Å². The van der Waals surface area contributed by atoms with Crippen molar-refractivity contribution < 1.29 is 27.2 Å². The van der Waals surface area contributed by atoms with Gasteiger partial charge in [0.2, 0.25) is 0 Å². The number of rotatable bonds is 6. The van der Waals surface area contributed by atoms with Crippen LogP contribution in [0.5, 0.6) is 11.5 Å². The maximum atomic E-state index is 12.4. The molecule has 1 saturated heterocycles. The Kier molecular flexibility index (Phi) is 4.49. The van der Waals surface area contributed by atoms with E-state index in [0.717, 1.165) is 11.1 Å². The van der Waals surface area contributed by atoms with E-state index >= 15 is 0 Å². The molecule has 0 saturated carbocycles. The molecule has 1 N–H and O–H groups in total. The van der Waals surface area contributed by atoms with Gasteiger partial charge in [0.15, 0.2) is 11.5 Å². The fourth-order valence-electron chi connectivity index (χ4n) is 2.38. The Balaban J connectivity index is 1.85. The van der Waals surface area contributed by atoms with Gasteiger partial charge in [-0.1, -0.05) is 23.8 Å². The molecular formula is C17H18O6S. The van der Waals surface area contributed by atoms with Crippen LogP contribution in [0.4, 0.5) is 0 Å². The maximum absolute atomic E-state index is 12.4. The van der Waals surface area contributed by atoms with Crippen molar-refractivity contribution in [1.29, 1.82) is 0 Å². The monoisotopic (exact) mass is 350 g/mol. The Bertz CT molecular complexity index is 829. The smallest absolute Gasteiger partial charge is 0.339 e. The van der Waals surface area contributed by atoms with E-state index < -0.39 is 10.1 Å². The van der Waals surface area contributed by atoms with E-state index in [0.29, 0.717) is 0 Å². The van der Waals surface area contributed by atoms with E-state index in [1.165, 1.54) is 25.3 Å². The second-order valence-corrected chi connectivity index (χ2v) is 7.08. The number of ether oxygens (including phenoxy) is 2. The largest absolute Gasteiger partial charge is 0.493 e. The predicted molar refractivity (Wildman–Crippen MR) is 86.7 cm³/mol. The van der Waals surface area contributed by atoms with Crippen LogP contribution in [0, 0.1) is 6.92 Å². The fraction of sp³-hybridized carbons (Fsp3) is 0.294. The SMILES string of the molecule is COc1cc([C@H]2O[C@@H]2CO)ccc1OS(=O)(=O)c1ccc(C)cc1. The molecule has 1 aliphatic rings. The summed E-state index contributed by atoms with van der Waals surface area (Å²) in [5, 5.41) is 9.06. The molecule has 24 heavy (non-hydrogen) atoms. The highest BCUT2D eigenvalue weighted by molar-refractivity contribution is 7.87. The molecule has 0 radical (unpaired) electrons. The molecule has 2 aromatic rings. The number of benzene rings is 2. The summed E-state index contributed by atoms with van der Waals surface area (Å²) in [5.41, 5.74) is 1.75. The highest BCUT2D eigenvalue weighted by Gasteiger charge is 2.40. The average Bonchev–Trinajstić information content (AvgIpc) is 3.35. The van der Waals surface area contributed by atoms with Crippen LogP contribution >= 0.6 is 0 Å². The second kappa shape index (κ2) is 6.43. The van der Waals surface area contributed by atoms with Crippen molar-refractivity contribution >= 4 is 10.1 Å². The van der Waals surface area contributed by atoms with Crippen molar-refractivity contribution in [1.82, 2.24) is 0 Å². The third-order valence-corrected chi connectivity index (χ3v) is 5.04. The molecule has 0 bridgehead atoms. The summed E-state index contributed by atoms with van der Waals surface area (Å²) >= 11 is 0. The number of aliphatic hydroxyl groups excluding tert-OH is 1. The molecule has 2 aromatic carbocycles. The van der Waals surface area contributed by atoms with E-state index in [9.17, 15) is 8.42 Å². The summed E-state index contributed by atoms with van der Waals surface area (Å²) in [6, 6.07) is 11.3. The maximum Gasteiger partial charge on any atom is 0.339 e. The van der Waals surface area contributed by atoms with Gasteiger partial charge in [-0.25, -0.2) is 0 Å². The van der Waals surface area contributed by atoms with Crippen LogP contribution < -0.4 is 8.92 Å². The van der Waals surface area contributed by atoms with Crippen LogP contribution in [0.1, 0.15) is 17.2 Å². The fourth-order valence-corrected chi connectivity index (χ4v) is 3.32. The van der Waals surface area contributed by atoms with Crippen molar-refractivity contribution in [2.75, 3.05) is 13.7 Å². The van der Waals surface area contributed by atoms with E-state index in [4.69, 9.17) is 18.8 Å². The number of aryl methyl sites for hydroxylation is 1. The van der Waals surface area contributed by atoms with Gasteiger partial charge in [0.25, 0.3) is 0 Å². The molecule has 1 fully saturated rings. The summed E-state index contributed by atoms with van der Waals surface area (Å²) in [6.07, 6.45) is -0.426. The van der Waals surface area contributed by atoms with Gasteiger partial charge < -0.3 is 18.8 Å². The van der Waals surface area contributed by atoms with Crippen LogP contribution in [0.3, 0.4) is 0 Å². The molecule has 3 rings (SSSR count). The minimum atomic E-state index is -3.95. The zero-order chi connectivity index (χ0) is 17.3. The van der Waals surface area contributed by atoms with Crippen molar-refractivity contribution in [3.63, 3.8) is 0 Å². The summed E-state index contributed by atoms with van der Waals surface area (Å²) in [7, 11) is -2.51. The van der Waals surface area contributed by atoms with Crippen molar-refractivity contribution in [2.24, 2.45) is 0 Å². The molecule has 128 valence electrons. The first kappa shape index (κ1) is 16.8. The lowest BCUT2D eigenvalue weighted by Crippen LogP contribution is -2.10. The minimum Gasteiger partial charge on any atom is -0.493 e. The molecule has 0 spiro atoms. The van der Waals surface area contributed by atoms with E-state index in [1.807, 2.05) is 6.92 Å². The van der Waals surface area contributed by atoms with Crippen molar-refractivity contribution in [2.45, 2.75) is 24.0 Å². The molecule has 0 amide bonds. The zero-order valence-electron chi connectivity index (χ0n) is 13.3. The van der Waals surface area contributed by atoms with Gasteiger partial charge in [-0.2, -0.15) is 8.42 Å². The van der Waals surface area contributed by atoms with Crippen LogP contribution in [-0.4, -0.2) is 33.3 Å². The van der Waals surface area contributed by atoms with E-state index in [-0.39, 0.29) is 35.2 Å². The van der Waals surface area contributed by atoms with Crippen molar-refractivity contribution in [3.05, 3.63) is 53.6 Å². The Hall–Kier alpha value is -2.09.